The van der Waals surface area contributed by atoms with Gasteiger partial charge in [0.25, 0.3) is 0 Å². The summed E-state index contributed by atoms with van der Waals surface area (Å²) in [4.78, 5) is 2.26. The number of hydrogen-bond donors (Lipinski definition) is 0. The fraction of sp³-hybridized carbons (Fsp3) is 0.368. The number of methoxy groups -OCH3 is 2. The second kappa shape index (κ2) is 7.02. The van der Waals surface area contributed by atoms with Crippen LogP contribution in [0, 0.1) is 0 Å². The van der Waals surface area contributed by atoms with Crippen LogP contribution in [-0.2, 0) is 11.3 Å². The van der Waals surface area contributed by atoms with Crippen molar-refractivity contribution in [2.75, 3.05) is 34.4 Å². The van der Waals surface area contributed by atoms with Gasteiger partial charge in [-0.25, -0.2) is 0 Å². The molecule has 4 nitrogen and oxygen atoms in total. The Kier molecular flexibility index (Phi) is 4.84. The van der Waals surface area contributed by atoms with Crippen LogP contribution >= 0.6 is 0 Å². The SMILES string of the molecule is COc1cccc(C2OCCN(C)Cc3cc(OC)ccc32)c1. The summed E-state index contributed by atoms with van der Waals surface area (Å²) in [5, 5.41) is 0. The van der Waals surface area contributed by atoms with Crippen molar-refractivity contribution in [3.8, 4) is 11.5 Å². The van der Waals surface area contributed by atoms with Gasteiger partial charge in [0.2, 0.25) is 0 Å². The van der Waals surface area contributed by atoms with Crippen LogP contribution in [0.25, 0.3) is 0 Å². The predicted molar refractivity (Wildman–Crippen MR) is 90.1 cm³/mol. The summed E-state index contributed by atoms with van der Waals surface area (Å²) in [6, 6.07) is 14.3. The van der Waals surface area contributed by atoms with Crippen LogP contribution in [0.4, 0.5) is 0 Å². The van der Waals surface area contributed by atoms with Crippen molar-refractivity contribution < 1.29 is 14.2 Å². The first-order valence-electron chi connectivity index (χ1n) is 7.82. The van der Waals surface area contributed by atoms with E-state index in [0.717, 1.165) is 30.2 Å². The molecule has 1 aliphatic heterocycles. The average Bonchev–Trinajstić information content (AvgIpc) is 2.57. The lowest BCUT2D eigenvalue weighted by molar-refractivity contribution is 0.0552. The Morgan fingerprint density at radius 3 is 2.61 bits per heavy atom. The highest BCUT2D eigenvalue weighted by molar-refractivity contribution is 5.42. The van der Waals surface area contributed by atoms with Crippen molar-refractivity contribution in [3.05, 3.63) is 59.2 Å². The average molecular weight is 313 g/mol. The molecule has 0 saturated heterocycles. The number of rotatable bonds is 3. The molecule has 3 rings (SSSR count). The number of hydrogen-bond acceptors (Lipinski definition) is 4. The minimum Gasteiger partial charge on any atom is -0.497 e. The van der Waals surface area contributed by atoms with Crippen LogP contribution in [0.15, 0.2) is 42.5 Å². The molecule has 0 amide bonds. The highest BCUT2D eigenvalue weighted by atomic mass is 16.5. The summed E-state index contributed by atoms with van der Waals surface area (Å²) in [5.74, 6) is 1.72. The first-order chi connectivity index (χ1) is 11.2. The third-order valence-electron chi connectivity index (χ3n) is 4.23. The van der Waals surface area contributed by atoms with Crippen LogP contribution < -0.4 is 9.47 Å². The number of benzene rings is 2. The monoisotopic (exact) mass is 313 g/mol. The lowest BCUT2D eigenvalue weighted by Gasteiger charge is -2.29. The van der Waals surface area contributed by atoms with Crippen LogP contribution in [-0.4, -0.2) is 39.3 Å². The fourth-order valence-corrected chi connectivity index (χ4v) is 2.97. The van der Waals surface area contributed by atoms with Crippen LogP contribution in [0.2, 0.25) is 0 Å². The molecular weight excluding hydrogens is 290 g/mol. The van der Waals surface area contributed by atoms with Crippen molar-refractivity contribution in [2.45, 2.75) is 12.6 Å². The maximum atomic E-state index is 6.20. The number of fused-ring (bicyclic) bond motifs is 1. The fourth-order valence-electron chi connectivity index (χ4n) is 2.97. The second-order valence-corrected chi connectivity index (χ2v) is 5.83. The smallest absolute Gasteiger partial charge is 0.119 e. The van der Waals surface area contributed by atoms with Gasteiger partial charge in [0.05, 0.1) is 20.8 Å². The summed E-state index contributed by atoms with van der Waals surface area (Å²) in [6.07, 6.45) is -0.0836. The van der Waals surface area contributed by atoms with E-state index in [0.29, 0.717) is 6.61 Å². The Morgan fingerprint density at radius 1 is 1.04 bits per heavy atom. The molecule has 0 radical (unpaired) electrons. The Labute approximate surface area is 137 Å². The Balaban J connectivity index is 2.05. The van der Waals surface area contributed by atoms with E-state index in [1.165, 1.54) is 11.1 Å². The Bertz CT molecular complexity index is 671. The molecule has 0 saturated carbocycles. The van der Waals surface area contributed by atoms with Gasteiger partial charge >= 0.3 is 0 Å². The summed E-state index contributed by atoms with van der Waals surface area (Å²) in [5.41, 5.74) is 3.53. The lowest BCUT2D eigenvalue weighted by Crippen LogP contribution is -2.27. The highest BCUT2D eigenvalue weighted by Gasteiger charge is 2.22. The maximum absolute atomic E-state index is 6.20. The molecule has 0 spiro atoms. The van der Waals surface area contributed by atoms with Gasteiger partial charge in [-0.1, -0.05) is 18.2 Å². The van der Waals surface area contributed by atoms with Gasteiger partial charge in [-0.2, -0.15) is 0 Å². The third kappa shape index (κ3) is 3.49. The van der Waals surface area contributed by atoms with Crippen LogP contribution in [0.3, 0.4) is 0 Å². The zero-order valence-electron chi connectivity index (χ0n) is 13.9. The molecular formula is C19H23NO3. The molecule has 23 heavy (non-hydrogen) atoms. The zero-order chi connectivity index (χ0) is 16.2. The summed E-state index contributed by atoms with van der Waals surface area (Å²) < 4.78 is 16.9. The molecule has 1 unspecified atom stereocenters. The van der Waals surface area contributed by atoms with Crippen LogP contribution in [0.5, 0.6) is 11.5 Å². The van der Waals surface area contributed by atoms with Crippen molar-refractivity contribution in [1.29, 1.82) is 0 Å². The molecule has 1 heterocycles. The number of nitrogens with zero attached hydrogens (tertiary/aromatic N) is 1. The zero-order valence-corrected chi connectivity index (χ0v) is 13.9. The summed E-state index contributed by atoms with van der Waals surface area (Å²) in [7, 11) is 5.49. The van der Waals surface area contributed by atoms with Crippen LogP contribution in [0.1, 0.15) is 22.8 Å². The lowest BCUT2D eigenvalue weighted by atomic mass is 9.95. The minimum atomic E-state index is -0.0836. The molecule has 2 aromatic rings. The maximum Gasteiger partial charge on any atom is 0.119 e. The van der Waals surface area contributed by atoms with E-state index in [1.807, 2.05) is 24.3 Å². The molecule has 122 valence electrons. The van der Waals surface area contributed by atoms with Crippen molar-refractivity contribution in [3.63, 3.8) is 0 Å². The quantitative estimate of drug-likeness (QED) is 0.870. The largest absolute Gasteiger partial charge is 0.497 e. The van der Waals surface area contributed by atoms with Gasteiger partial charge in [0.1, 0.15) is 17.6 Å². The van der Waals surface area contributed by atoms with Gasteiger partial charge in [-0.15, -0.1) is 0 Å². The van der Waals surface area contributed by atoms with Crippen molar-refractivity contribution in [1.82, 2.24) is 4.90 Å². The molecule has 2 aromatic carbocycles. The van der Waals surface area contributed by atoms with Gasteiger partial charge in [0, 0.05) is 13.1 Å². The van der Waals surface area contributed by atoms with Gasteiger partial charge in [0.15, 0.2) is 0 Å². The van der Waals surface area contributed by atoms with E-state index >= 15 is 0 Å². The predicted octanol–water partition coefficient (Wildman–Crippen LogP) is 3.26. The van der Waals surface area contributed by atoms with E-state index < -0.39 is 0 Å². The summed E-state index contributed by atoms with van der Waals surface area (Å²) >= 11 is 0. The topological polar surface area (TPSA) is 30.9 Å². The minimum absolute atomic E-state index is 0.0836. The number of likely N-dealkylation sites (N-methyl/N-ethyl adjacent to an activating group) is 1. The molecule has 1 aliphatic rings. The normalized spacial score (nSPS) is 18.7. The number of ether oxygens (including phenoxy) is 3. The van der Waals surface area contributed by atoms with Gasteiger partial charge < -0.3 is 14.2 Å². The first kappa shape index (κ1) is 15.8. The molecule has 0 bridgehead atoms. The highest BCUT2D eigenvalue weighted by Crippen LogP contribution is 2.34. The van der Waals surface area contributed by atoms with E-state index in [9.17, 15) is 0 Å². The summed E-state index contributed by atoms with van der Waals surface area (Å²) in [6.45, 7) is 2.48. The molecule has 0 aliphatic carbocycles. The first-order valence-corrected chi connectivity index (χ1v) is 7.82. The molecule has 4 heteroatoms. The second-order valence-electron chi connectivity index (χ2n) is 5.83. The Hall–Kier alpha value is -2.04. The van der Waals surface area contributed by atoms with Crippen molar-refractivity contribution in [2.24, 2.45) is 0 Å². The Morgan fingerprint density at radius 2 is 1.83 bits per heavy atom. The molecule has 1 atom stereocenters. The molecule has 0 N–H and O–H groups in total. The van der Waals surface area contributed by atoms with E-state index in [4.69, 9.17) is 14.2 Å². The molecule has 0 aromatic heterocycles. The van der Waals surface area contributed by atoms with Gasteiger partial charge in [-0.05, 0) is 48.0 Å². The van der Waals surface area contributed by atoms with E-state index in [2.05, 4.69) is 30.1 Å². The third-order valence-corrected chi connectivity index (χ3v) is 4.23. The van der Waals surface area contributed by atoms with E-state index in [1.54, 1.807) is 14.2 Å². The standard InChI is InChI=1S/C19H23NO3/c1-20-9-10-23-19(14-5-4-6-16(11-14)21-2)18-8-7-17(22-3)12-15(18)13-20/h4-8,11-12,19H,9-10,13H2,1-3H3. The van der Waals surface area contributed by atoms with Gasteiger partial charge in [-0.3, -0.25) is 4.90 Å². The molecule has 0 fully saturated rings. The van der Waals surface area contributed by atoms with Crippen molar-refractivity contribution >= 4 is 0 Å². The van der Waals surface area contributed by atoms with E-state index in [-0.39, 0.29) is 6.10 Å².